The van der Waals surface area contributed by atoms with Crippen molar-refractivity contribution in [2.75, 3.05) is 19.7 Å². The first-order chi connectivity index (χ1) is 15.9. The van der Waals surface area contributed by atoms with E-state index in [0.29, 0.717) is 47.2 Å². The normalized spacial score (nSPS) is 14.4. The molecule has 0 unspecified atom stereocenters. The van der Waals surface area contributed by atoms with Gasteiger partial charge >= 0.3 is 5.97 Å². The summed E-state index contributed by atoms with van der Waals surface area (Å²) in [5, 5.41) is 5.30. The number of aromatic nitrogens is 2. The lowest BCUT2D eigenvalue weighted by Gasteiger charge is -2.33. The number of amides is 1. The smallest absolute Gasteiger partial charge is 0.358 e. The molecule has 1 fully saturated rings. The van der Waals surface area contributed by atoms with E-state index in [1.165, 1.54) is 12.1 Å². The monoisotopic (exact) mass is 489 g/mol. The molecule has 1 amide bonds. The molecule has 0 saturated carbocycles. The van der Waals surface area contributed by atoms with Crippen molar-refractivity contribution in [3.63, 3.8) is 0 Å². The zero-order valence-electron chi connectivity index (χ0n) is 17.9. The molecule has 9 heteroatoms. The average Bonchev–Trinajstić information content (AvgIpc) is 3.25. The first-order valence-electron chi connectivity index (χ1n) is 10.6. The van der Waals surface area contributed by atoms with E-state index in [2.05, 4.69) is 5.10 Å². The lowest BCUT2D eigenvalue weighted by Crippen LogP contribution is -2.39. The summed E-state index contributed by atoms with van der Waals surface area (Å²) >= 11 is 12.1. The van der Waals surface area contributed by atoms with Crippen molar-refractivity contribution < 1.29 is 18.7 Å². The molecule has 2 aromatic carbocycles. The third kappa shape index (κ3) is 5.04. The molecule has 0 atom stereocenters. The van der Waals surface area contributed by atoms with Crippen LogP contribution in [0.1, 0.15) is 46.7 Å². The quantitative estimate of drug-likeness (QED) is 0.434. The fourth-order valence-corrected chi connectivity index (χ4v) is 4.45. The van der Waals surface area contributed by atoms with Crippen molar-refractivity contribution in [3.05, 3.63) is 75.7 Å². The van der Waals surface area contributed by atoms with Gasteiger partial charge in [0.2, 0.25) is 0 Å². The van der Waals surface area contributed by atoms with Crippen molar-refractivity contribution in [3.8, 4) is 11.3 Å². The van der Waals surface area contributed by atoms with Crippen LogP contribution in [0, 0.1) is 5.82 Å². The molecule has 0 aliphatic carbocycles. The molecule has 172 valence electrons. The van der Waals surface area contributed by atoms with E-state index in [1.807, 2.05) is 0 Å². The number of carbonyl (C=O) groups excluding carboxylic acids is 2. The molecule has 0 spiro atoms. The Morgan fingerprint density at radius 3 is 2.42 bits per heavy atom. The summed E-state index contributed by atoms with van der Waals surface area (Å²) in [5.41, 5.74) is 2.05. The molecule has 2 heterocycles. The summed E-state index contributed by atoms with van der Waals surface area (Å²) in [4.78, 5) is 27.0. The number of halogens is 3. The van der Waals surface area contributed by atoms with Crippen LogP contribution in [0.4, 0.5) is 4.39 Å². The fraction of sp³-hybridized carbons (Fsp3) is 0.292. The van der Waals surface area contributed by atoms with Crippen molar-refractivity contribution in [1.82, 2.24) is 14.7 Å². The van der Waals surface area contributed by atoms with Crippen LogP contribution >= 0.6 is 23.2 Å². The molecule has 33 heavy (non-hydrogen) atoms. The van der Waals surface area contributed by atoms with Crippen molar-refractivity contribution >= 4 is 35.1 Å². The summed E-state index contributed by atoms with van der Waals surface area (Å²) in [6, 6.07) is 12.5. The molecule has 1 aromatic heterocycles. The number of nitrogens with zero attached hydrogens (tertiary/aromatic N) is 3. The Bertz CT molecular complexity index is 1170. The van der Waals surface area contributed by atoms with Crippen LogP contribution in [0.15, 0.2) is 48.5 Å². The number of piperidine rings is 1. The maximum atomic E-state index is 13.4. The minimum absolute atomic E-state index is 0.0435. The summed E-state index contributed by atoms with van der Waals surface area (Å²) in [6.45, 7) is 2.97. The third-order valence-electron chi connectivity index (χ3n) is 5.62. The highest BCUT2D eigenvalue weighted by Crippen LogP contribution is 2.31. The number of esters is 1. The van der Waals surface area contributed by atoms with E-state index in [9.17, 15) is 14.0 Å². The first kappa shape index (κ1) is 23.3. The van der Waals surface area contributed by atoms with Gasteiger partial charge in [0.1, 0.15) is 5.82 Å². The number of hydrogen-bond donors (Lipinski definition) is 0. The summed E-state index contributed by atoms with van der Waals surface area (Å²) < 4.78 is 20.3. The van der Waals surface area contributed by atoms with Gasteiger partial charge in [-0.25, -0.2) is 9.18 Å². The molecule has 0 radical (unpaired) electrons. The highest BCUT2D eigenvalue weighted by molar-refractivity contribution is 6.36. The summed E-state index contributed by atoms with van der Waals surface area (Å²) in [7, 11) is 0. The lowest BCUT2D eigenvalue weighted by atomic mass is 10.0. The molecule has 4 rings (SSSR count). The van der Waals surface area contributed by atoms with Crippen molar-refractivity contribution in [2.24, 2.45) is 0 Å². The minimum atomic E-state index is -0.510. The Kier molecular flexibility index (Phi) is 7.00. The lowest BCUT2D eigenvalue weighted by molar-refractivity contribution is 0.0517. The van der Waals surface area contributed by atoms with E-state index in [0.717, 1.165) is 5.56 Å². The molecular formula is C24H22Cl2FN3O3. The van der Waals surface area contributed by atoms with Crippen LogP contribution in [-0.4, -0.2) is 46.3 Å². The predicted octanol–water partition coefficient (Wildman–Crippen LogP) is 5.65. The second kappa shape index (κ2) is 9.93. The molecular weight excluding hydrogens is 468 g/mol. The van der Waals surface area contributed by atoms with E-state index < -0.39 is 5.97 Å². The summed E-state index contributed by atoms with van der Waals surface area (Å²) in [6.07, 6.45) is 1.27. The number of hydrogen-bond acceptors (Lipinski definition) is 4. The van der Waals surface area contributed by atoms with Gasteiger partial charge in [-0.05, 0) is 68.3 Å². The van der Waals surface area contributed by atoms with E-state index in [1.54, 1.807) is 52.9 Å². The molecule has 1 aliphatic heterocycles. The first-order valence-corrected chi connectivity index (χ1v) is 11.4. The second-order valence-corrected chi connectivity index (χ2v) is 8.58. The Labute approximate surface area is 200 Å². The summed E-state index contributed by atoms with van der Waals surface area (Å²) in [5.74, 6) is -1.01. The highest BCUT2D eigenvalue weighted by atomic mass is 35.5. The van der Waals surface area contributed by atoms with Gasteiger partial charge in [-0.2, -0.15) is 5.10 Å². The molecule has 0 bridgehead atoms. The van der Waals surface area contributed by atoms with Gasteiger partial charge in [-0.15, -0.1) is 0 Å². The van der Waals surface area contributed by atoms with Gasteiger partial charge in [0.05, 0.1) is 28.9 Å². The van der Waals surface area contributed by atoms with Gasteiger partial charge in [0, 0.05) is 23.7 Å². The van der Waals surface area contributed by atoms with Crippen LogP contribution in [-0.2, 0) is 4.74 Å². The molecule has 6 nitrogen and oxygen atoms in total. The van der Waals surface area contributed by atoms with Crippen molar-refractivity contribution in [2.45, 2.75) is 25.8 Å². The molecule has 1 saturated heterocycles. The molecule has 3 aromatic rings. The maximum Gasteiger partial charge on any atom is 0.358 e. The Morgan fingerprint density at radius 2 is 1.79 bits per heavy atom. The molecule has 0 N–H and O–H groups in total. The Balaban J connectivity index is 1.56. The van der Waals surface area contributed by atoms with Gasteiger partial charge in [0.25, 0.3) is 5.91 Å². The average molecular weight is 490 g/mol. The van der Waals surface area contributed by atoms with Crippen LogP contribution in [0.2, 0.25) is 10.0 Å². The number of benzene rings is 2. The number of carbonyl (C=O) groups is 2. The Hall–Kier alpha value is -2.90. The SMILES string of the molecule is CCOC(=O)c1cc(-c2ccc(F)cc2)n(C2CCN(C(=O)c3ccc(Cl)cc3Cl)CC2)n1. The van der Waals surface area contributed by atoms with Crippen molar-refractivity contribution in [1.29, 1.82) is 0 Å². The van der Waals surface area contributed by atoms with E-state index in [-0.39, 0.29) is 30.1 Å². The predicted molar refractivity (Wildman–Crippen MR) is 124 cm³/mol. The standard InChI is InChI=1S/C24H22Cl2FN3O3/c1-2-33-24(32)21-14-22(15-3-6-17(27)7-4-15)30(28-21)18-9-11-29(12-10-18)23(31)19-8-5-16(25)13-20(19)26/h3-8,13-14,18H,2,9-12H2,1H3. The van der Waals surface area contributed by atoms with E-state index >= 15 is 0 Å². The van der Waals surface area contributed by atoms with Crippen LogP contribution in [0.3, 0.4) is 0 Å². The minimum Gasteiger partial charge on any atom is -0.461 e. The zero-order valence-corrected chi connectivity index (χ0v) is 19.4. The van der Waals surface area contributed by atoms with Crippen LogP contribution < -0.4 is 0 Å². The van der Waals surface area contributed by atoms with Crippen LogP contribution in [0.25, 0.3) is 11.3 Å². The van der Waals surface area contributed by atoms with Gasteiger partial charge in [0.15, 0.2) is 5.69 Å². The van der Waals surface area contributed by atoms with Crippen LogP contribution in [0.5, 0.6) is 0 Å². The second-order valence-electron chi connectivity index (χ2n) is 7.73. The molecule has 1 aliphatic rings. The maximum absolute atomic E-state index is 13.4. The largest absolute Gasteiger partial charge is 0.461 e. The zero-order chi connectivity index (χ0) is 23.5. The number of rotatable bonds is 5. The topological polar surface area (TPSA) is 64.4 Å². The number of ether oxygens (including phenoxy) is 1. The fourth-order valence-electron chi connectivity index (χ4n) is 3.96. The number of likely N-dealkylation sites (tertiary alicyclic amines) is 1. The highest BCUT2D eigenvalue weighted by Gasteiger charge is 2.29. The van der Waals surface area contributed by atoms with Gasteiger partial charge in [-0.3, -0.25) is 9.48 Å². The van der Waals surface area contributed by atoms with Gasteiger partial charge < -0.3 is 9.64 Å². The van der Waals surface area contributed by atoms with Gasteiger partial charge in [-0.1, -0.05) is 23.2 Å². The third-order valence-corrected chi connectivity index (χ3v) is 6.17. The Morgan fingerprint density at radius 1 is 1.09 bits per heavy atom. The van der Waals surface area contributed by atoms with E-state index in [4.69, 9.17) is 27.9 Å².